The molecule has 1 saturated carbocycles. The first-order chi connectivity index (χ1) is 8.87. The zero-order valence-corrected chi connectivity index (χ0v) is 9.99. The number of carbonyl (C=O) groups excluding carboxylic acids is 1. The topological polar surface area (TPSA) is 74.5 Å². The number of aromatic nitrogens is 2. The Morgan fingerprint density at radius 3 is 2.68 bits per heavy atom. The SMILES string of the molecule is COC(=O)C1(c2nc(COCC(F)(F)F)no2)CC1. The number of halogens is 3. The molecule has 0 bridgehead atoms. The third-order valence-electron chi connectivity index (χ3n) is 2.70. The number of esters is 1. The third kappa shape index (κ3) is 3.03. The second-order valence-corrected chi connectivity index (χ2v) is 4.20. The summed E-state index contributed by atoms with van der Waals surface area (Å²) < 4.78 is 49.5. The fourth-order valence-electron chi connectivity index (χ4n) is 1.59. The Morgan fingerprint density at radius 1 is 1.47 bits per heavy atom. The van der Waals surface area contributed by atoms with Crippen LogP contribution < -0.4 is 0 Å². The molecule has 0 spiro atoms. The van der Waals surface area contributed by atoms with Crippen molar-refractivity contribution in [2.24, 2.45) is 0 Å². The Hall–Kier alpha value is -1.64. The lowest BCUT2D eigenvalue weighted by atomic mass is 10.1. The van der Waals surface area contributed by atoms with Gasteiger partial charge in [-0.25, -0.2) is 0 Å². The Balaban J connectivity index is 1.95. The van der Waals surface area contributed by atoms with E-state index in [1.165, 1.54) is 7.11 Å². The molecule has 0 amide bonds. The van der Waals surface area contributed by atoms with Gasteiger partial charge in [-0.1, -0.05) is 5.16 Å². The van der Waals surface area contributed by atoms with Crippen molar-refractivity contribution in [2.45, 2.75) is 31.0 Å². The van der Waals surface area contributed by atoms with Crippen LogP contribution in [0.5, 0.6) is 0 Å². The number of carbonyl (C=O) groups is 1. The molecule has 0 radical (unpaired) electrons. The maximum Gasteiger partial charge on any atom is 0.411 e. The quantitative estimate of drug-likeness (QED) is 0.758. The largest absolute Gasteiger partial charge is 0.468 e. The van der Waals surface area contributed by atoms with Crippen molar-refractivity contribution in [3.05, 3.63) is 11.7 Å². The molecule has 0 aliphatic heterocycles. The van der Waals surface area contributed by atoms with Gasteiger partial charge in [-0.15, -0.1) is 0 Å². The third-order valence-corrected chi connectivity index (χ3v) is 2.70. The normalized spacial score (nSPS) is 17.3. The summed E-state index contributed by atoms with van der Waals surface area (Å²) in [5, 5.41) is 3.47. The van der Waals surface area contributed by atoms with Crippen LogP contribution in [0, 0.1) is 0 Å². The molecule has 0 N–H and O–H groups in total. The highest BCUT2D eigenvalue weighted by atomic mass is 19.4. The van der Waals surface area contributed by atoms with Crippen molar-refractivity contribution in [1.82, 2.24) is 10.1 Å². The lowest BCUT2D eigenvalue weighted by Gasteiger charge is -2.06. The first-order valence-electron chi connectivity index (χ1n) is 5.43. The van der Waals surface area contributed by atoms with Gasteiger partial charge in [0, 0.05) is 0 Å². The minimum absolute atomic E-state index is 0.0329. The number of rotatable bonds is 5. The number of alkyl halides is 3. The average Bonchev–Trinajstić information content (AvgIpc) is 3.01. The fourth-order valence-corrected chi connectivity index (χ4v) is 1.59. The summed E-state index contributed by atoms with van der Waals surface area (Å²) >= 11 is 0. The summed E-state index contributed by atoms with van der Waals surface area (Å²) in [6, 6.07) is 0. The van der Waals surface area contributed by atoms with Crippen molar-refractivity contribution < 1.29 is 32.0 Å². The minimum Gasteiger partial charge on any atom is -0.468 e. The molecule has 1 aliphatic carbocycles. The number of nitrogens with zero attached hydrogens (tertiary/aromatic N) is 2. The van der Waals surface area contributed by atoms with Gasteiger partial charge in [0.05, 0.1) is 7.11 Å². The highest BCUT2D eigenvalue weighted by Crippen LogP contribution is 2.48. The van der Waals surface area contributed by atoms with Crippen LogP contribution in [-0.2, 0) is 26.3 Å². The summed E-state index contributed by atoms with van der Waals surface area (Å²) in [5.41, 5.74) is -0.927. The molecule has 1 heterocycles. The van der Waals surface area contributed by atoms with E-state index in [1.54, 1.807) is 0 Å². The summed E-state index contributed by atoms with van der Waals surface area (Å²) in [7, 11) is 1.24. The van der Waals surface area contributed by atoms with Gasteiger partial charge in [-0.3, -0.25) is 4.79 Å². The van der Waals surface area contributed by atoms with E-state index in [9.17, 15) is 18.0 Å². The first-order valence-corrected chi connectivity index (χ1v) is 5.43. The van der Waals surface area contributed by atoms with E-state index in [2.05, 4.69) is 19.6 Å². The van der Waals surface area contributed by atoms with E-state index in [4.69, 9.17) is 4.52 Å². The summed E-state index contributed by atoms with van der Waals surface area (Å²) in [6.07, 6.45) is -3.37. The van der Waals surface area contributed by atoms with Crippen molar-refractivity contribution in [2.75, 3.05) is 13.7 Å². The molecule has 1 aromatic heterocycles. The van der Waals surface area contributed by atoms with Crippen LogP contribution in [0.25, 0.3) is 0 Å². The predicted molar refractivity (Wildman–Crippen MR) is 52.9 cm³/mol. The number of methoxy groups -OCH3 is 1. The van der Waals surface area contributed by atoms with Gasteiger partial charge in [0.1, 0.15) is 18.6 Å². The smallest absolute Gasteiger partial charge is 0.411 e. The predicted octanol–water partition coefficient (Wildman–Crippen LogP) is 1.35. The molecule has 19 heavy (non-hydrogen) atoms. The molecule has 6 nitrogen and oxygen atoms in total. The molecule has 1 fully saturated rings. The molecule has 2 rings (SSSR count). The van der Waals surface area contributed by atoms with Crippen LogP contribution in [0.2, 0.25) is 0 Å². The van der Waals surface area contributed by atoms with Crippen LogP contribution in [0.4, 0.5) is 13.2 Å². The van der Waals surface area contributed by atoms with Crippen LogP contribution in [0.3, 0.4) is 0 Å². The molecule has 106 valence electrons. The highest BCUT2D eigenvalue weighted by Gasteiger charge is 2.57. The van der Waals surface area contributed by atoms with E-state index in [0.29, 0.717) is 12.8 Å². The fraction of sp³-hybridized carbons (Fsp3) is 0.700. The summed E-state index contributed by atoms with van der Waals surface area (Å²) in [4.78, 5) is 15.4. The highest BCUT2D eigenvalue weighted by molar-refractivity contribution is 5.85. The van der Waals surface area contributed by atoms with E-state index in [1.807, 2.05) is 0 Å². The Kier molecular flexibility index (Phi) is 3.48. The zero-order chi connectivity index (χ0) is 14.1. The first kappa shape index (κ1) is 13.8. The lowest BCUT2D eigenvalue weighted by molar-refractivity contribution is -0.177. The maximum absolute atomic E-state index is 11.9. The van der Waals surface area contributed by atoms with Crippen molar-refractivity contribution >= 4 is 5.97 Å². The van der Waals surface area contributed by atoms with Gasteiger partial charge in [-0.2, -0.15) is 18.2 Å². The van der Waals surface area contributed by atoms with Crippen LogP contribution in [-0.4, -0.2) is 36.0 Å². The Labute approximate surface area is 105 Å². The summed E-state index contributed by atoms with van der Waals surface area (Å²) in [6.45, 7) is -1.82. The molecule has 1 aliphatic rings. The number of ether oxygens (including phenoxy) is 2. The van der Waals surface area contributed by atoms with Crippen LogP contribution in [0.1, 0.15) is 24.6 Å². The van der Waals surface area contributed by atoms with Crippen molar-refractivity contribution in [3.8, 4) is 0 Å². The Bertz CT molecular complexity index is 468. The standard InChI is InChI=1S/C10H11F3N2O4/c1-17-8(16)9(2-3-9)7-14-6(15-19-7)4-18-5-10(11,12)13/h2-5H2,1H3. The van der Waals surface area contributed by atoms with E-state index in [-0.39, 0.29) is 11.7 Å². The van der Waals surface area contributed by atoms with E-state index < -0.39 is 30.8 Å². The molecular formula is C10H11F3N2O4. The molecule has 1 aromatic rings. The molecule has 0 unspecified atom stereocenters. The van der Waals surface area contributed by atoms with Gasteiger partial charge in [0.15, 0.2) is 5.82 Å². The van der Waals surface area contributed by atoms with E-state index in [0.717, 1.165) is 0 Å². The molecule has 0 saturated heterocycles. The number of hydrogen-bond acceptors (Lipinski definition) is 6. The molecule has 9 heteroatoms. The van der Waals surface area contributed by atoms with Gasteiger partial charge in [0.25, 0.3) is 0 Å². The second kappa shape index (κ2) is 4.80. The second-order valence-electron chi connectivity index (χ2n) is 4.20. The zero-order valence-electron chi connectivity index (χ0n) is 9.99. The van der Waals surface area contributed by atoms with Gasteiger partial charge < -0.3 is 14.0 Å². The molecule has 0 atom stereocenters. The van der Waals surface area contributed by atoms with Gasteiger partial charge in [0.2, 0.25) is 5.89 Å². The summed E-state index contributed by atoms with van der Waals surface area (Å²) in [5.74, 6) is -0.460. The number of hydrogen-bond donors (Lipinski definition) is 0. The van der Waals surface area contributed by atoms with Crippen LogP contribution in [0.15, 0.2) is 4.52 Å². The monoisotopic (exact) mass is 280 g/mol. The van der Waals surface area contributed by atoms with Gasteiger partial charge in [-0.05, 0) is 12.8 Å². The Morgan fingerprint density at radius 2 is 2.16 bits per heavy atom. The maximum atomic E-state index is 11.9. The molecule has 0 aromatic carbocycles. The van der Waals surface area contributed by atoms with Crippen molar-refractivity contribution in [3.63, 3.8) is 0 Å². The minimum atomic E-state index is -4.41. The lowest BCUT2D eigenvalue weighted by Crippen LogP contribution is -2.22. The van der Waals surface area contributed by atoms with Crippen molar-refractivity contribution in [1.29, 1.82) is 0 Å². The van der Waals surface area contributed by atoms with E-state index >= 15 is 0 Å². The average molecular weight is 280 g/mol. The molecular weight excluding hydrogens is 269 g/mol. The van der Waals surface area contributed by atoms with Gasteiger partial charge >= 0.3 is 12.1 Å². The van der Waals surface area contributed by atoms with Crippen LogP contribution >= 0.6 is 0 Å².